The molecule has 5 rings (SSSR count). The minimum Gasteiger partial charge on any atom is -0.475 e. The number of hydrogen-bond acceptors (Lipinski definition) is 5. The van der Waals surface area contributed by atoms with Crippen molar-refractivity contribution in [3.05, 3.63) is 53.6 Å². The van der Waals surface area contributed by atoms with Crippen LogP contribution in [0.5, 0.6) is 0 Å². The molecule has 0 saturated heterocycles. The van der Waals surface area contributed by atoms with Crippen LogP contribution in [0.3, 0.4) is 0 Å². The van der Waals surface area contributed by atoms with E-state index in [1.165, 1.54) is 6.42 Å². The molecule has 6 N–H and O–H groups in total. The maximum atomic E-state index is 12.8. The summed E-state index contributed by atoms with van der Waals surface area (Å²) in [6, 6.07) is 12.9. The Hall–Kier alpha value is -4.19. The molecule has 0 unspecified atom stereocenters. The Morgan fingerprint density at radius 2 is 1.76 bits per heavy atom. The summed E-state index contributed by atoms with van der Waals surface area (Å²) < 4.78 is 31.7. The quantitative estimate of drug-likeness (QED) is 0.340. The fraction of sp³-hybridized carbons (Fsp3) is 0.308. The number of aliphatic carboxylic acids is 1. The average Bonchev–Trinajstić information content (AvgIpc) is 3.17. The zero-order valence-corrected chi connectivity index (χ0v) is 20.1. The Bertz CT molecular complexity index is 1380. The van der Waals surface area contributed by atoms with Gasteiger partial charge in [0.2, 0.25) is 5.91 Å². The summed E-state index contributed by atoms with van der Waals surface area (Å²) in [5.41, 5.74) is 13.3. The van der Waals surface area contributed by atoms with Crippen molar-refractivity contribution in [2.24, 2.45) is 16.8 Å². The first-order valence-electron chi connectivity index (χ1n) is 12.0. The van der Waals surface area contributed by atoms with Crippen molar-refractivity contribution in [2.75, 3.05) is 5.32 Å². The lowest BCUT2D eigenvalue weighted by Gasteiger charge is -2.26. The fourth-order valence-corrected chi connectivity index (χ4v) is 4.72. The molecule has 0 bridgehead atoms. The van der Waals surface area contributed by atoms with Gasteiger partial charge in [0.05, 0.1) is 23.5 Å². The second-order valence-corrected chi connectivity index (χ2v) is 9.14. The number of nitrogens with one attached hydrogen (secondary N) is 3. The molecule has 2 aromatic carbocycles. The monoisotopic (exact) mass is 529 g/mol. The number of rotatable bonds is 4. The molecular formula is C26H26F3N5O4. The third kappa shape index (κ3) is 5.86. The lowest BCUT2D eigenvalue weighted by atomic mass is 9.84. The van der Waals surface area contributed by atoms with Gasteiger partial charge in [-0.15, -0.1) is 0 Å². The molecular weight excluding hydrogens is 503 g/mol. The van der Waals surface area contributed by atoms with Crippen molar-refractivity contribution in [1.29, 1.82) is 0 Å². The number of hydrazone groups is 1. The van der Waals surface area contributed by atoms with Gasteiger partial charge in [-0.3, -0.25) is 9.59 Å². The van der Waals surface area contributed by atoms with Crippen LogP contribution >= 0.6 is 0 Å². The highest BCUT2D eigenvalue weighted by Gasteiger charge is 2.38. The SMILES string of the molecule is N[C@H](C(=O)Nc1cc2c3c(c(-c4ccccc4)[nH]c3c1)C=NNC2=O)C1CCCCC1.O=C(O)C(F)(F)F. The third-order valence-electron chi connectivity index (χ3n) is 6.57. The van der Waals surface area contributed by atoms with Crippen LogP contribution < -0.4 is 16.5 Å². The number of aromatic nitrogens is 1. The predicted octanol–water partition coefficient (Wildman–Crippen LogP) is 4.39. The number of nitrogens with two attached hydrogens (primary N) is 1. The normalized spacial score (nSPS) is 16.2. The van der Waals surface area contributed by atoms with Gasteiger partial charge >= 0.3 is 12.1 Å². The summed E-state index contributed by atoms with van der Waals surface area (Å²) in [5, 5.41) is 14.9. The standard InChI is InChI=1S/C24H25N5O2.C2HF3O2/c25-21(14-7-3-1-4-8-14)24(31)27-16-11-17-20-18(13-26-29-23(17)30)22(28-19(20)12-16)15-9-5-2-6-10-15;3-2(4,5)1(6)7/h2,5-6,9-14,21,28H,1,3-4,7-8,25H2,(H,27,31)(H,29,30);(H,6,7)/t21-;/m0./s1. The fourth-order valence-electron chi connectivity index (χ4n) is 4.72. The number of anilines is 1. The molecule has 1 atom stereocenters. The van der Waals surface area contributed by atoms with Crippen LogP contribution in [0.15, 0.2) is 47.6 Å². The minimum atomic E-state index is -5.08. The number of carboxylic acids is 1. The zero-order chi connectivity index (χ0) is 27.4. The summed E-state index contributed by atoms with van der Waals surface area (Å²) in [7, 11) is 0. The Morgan fingerprint density at radius 1 is 1.11 bits per heavy atom. The number of nitrogens with zero attached hydrogens (tertiary/aromatic N) is 1. The van der Waals surface area contributed by atoms with Crippen LogP contribution in [0.1, 0.15) is 48.0 Å². The maximum Gasteiger partial charge on any atom is 0.490 e. The smallest absolute Gasteiger partial charge is 0.475 e. The maximum absolute atomic E-state index is 12.8. The Kier molecular flexibility index (Phi) is 7.81. The molecule has 1 fully saturated rings. The van der Waals surface area contributed by atoms with E-state index in [0.717, 1.165) is 53.4 Å². The molecule has 0 radical (unpaired) electrons. The van der Waals surface area contributed by atoms with E-state index >= 15 is 0 Å². The van der Waals surface area contributed by atoms with E-state index < -0.39 is 18.2 Å². The summed E-state index contributed by atoms with van der Waals surface area (Å²) in [6.45, 7) is 0. The molecule has 9 nitrogen and oxygen atoms in total. The van der Waals surface area contributed by atoms with Gasteiger partial charge in [-0.2, -0.15) is 18.3 Å². The van der Waals surface area contributed by atoms with Gasteiger partial charge in [0, 0.05) is 22.2 Å². The predicted molar refractivity (Wildman–Crippen MR) is 136 cm³/mol. The van der Waals surface area contributed by atoms with E-state index in [2.05, 4.69) is 20.8 Å². The summed E-state index contributed by atoms with van der Waals surface area (Å²) in [6.07, 6.45) is 2.00. The molecule has 3 aromatic rings. The van der Waals surface area contributed by atoms with Crippen LogP contribution in [0.4, 0.5) is 18.9 Å². The molecule has 0 spiro atoms. The van der Waals surface area contributed by atoms with Crippen molar-refractivity contribution in [1.82, 2.24) is 10.4 Å². The topological polar surface area (TPSA) is 150 Å². The lowest BCUT2D eigenvalue weighted by molar-refractivity contribution is -0.192. The average molecular weight is 530 g/mol. The molecule has 1 aliphatic heterocycles. The summed E-state index contributed by atoms with van der Waals surface area (Å²) in [4.78, 5) is 37.8. The van der Waals surface area contributed by atoms with Crippen LogP contribution in [0, 0.1) is 5.92 Å². The van der Waals surface area contributed by atoms with E-state index in [0.29, 0.717) is 11.3 Å². The lowest BCUT2D eigenvalue weighted by Crippen LogP contribution is -2.42. The largest absolute Gasteiger partial charge is 0.490 e. The van der Waals surface area contributed by atoms with E-state index in [9.17, 15) is 22.8 Å². The van der Waals surface area contributed by atoms with Crippen LogP contribution in [0.2, 0.25) is 0 Å². The van der Waals surface area contributed by atoms with Gasteiger partial charge in [0.25, 0.3) is 5.91 Å². The third-order valence-corrected chi connectivity index (χ3v) is 6.57. The van der Waals surface area contributed by atoms with Gasteiger partial charge in [-0.05, 0) is 36.5 Å². The van der Waals surface area contributed by atoms with Crippen molar-refractivity contribution in [3.8, 4) is 11.3 Å². The highest BCUT2D eigenvalue weighted by atomic mass is 19.4. The number of aromatic amines is 1. The number of amides is 2. The van der Waals surface area contributed by atoms with Crippen molar-refractivity contribution in [2.45, 2.75) is 44.3 Å². The first-order chi connectivity index (χ1) is 18.1. The van der Waals surface area contributed by atoms with Crippen LogP contribution in [0.25, 0.3) is 22.2 Å². The van der Waals surface area contributed by atoms with Gasteiger partial charge in [0.1, 0.15) is 0 Å². The van der Waals surface area contributed by atoms with Crippen LogP contribution in [-0.4, -0.2) is 46.3 Å². The van der Waals surface area contributed by atoms with E-state index in [1.54, 1.807) is 12.3 Å². The van der Waals surface area contributed by atoms with Gasteiger partial charge < -0.3 is 21.1 Å². The Morgan fingerprint density at radius 3 is 2.39 bits per heavy atom. The number of carboxylic acid groups (broad SMARTS) is 1. The first-order valence-corrected chi connectivity index (χ1v) is 12.0. The molecule has 38 heavy (non-hydrogen) atoms. The number of carbonyl (C=O) groups excluding carboxylic acids is 2. The molecule has 1 aliphatic carbocycles. The summed E-state index contributed by atoms with van der Waals surface area (Å²) >= 11 is 0. The highest BCUT2D eigenvalue weighted by molar-refractivity contribution is 6.18. The molecule has 12 heteroatoms. The number of alkyl halides is 3. The van der Waals surface area contributed by atoms with Crippen molar-refractivity contribution in [3.63, 3.8) is 0 Å². The zero-order valence-electron chi connectivity index (χ0n) is 20.1. The molecule has 1 aromatic heterocycles. The van der Waals surface area contributed by atoms with Crippen molar-refractivity contribution >= 4 is 40.6 Å². The molecule has 2 heterocycles. The first kappa shape index (κ1) is 26.9. The number of hydrogen-bond donors (Lipinski definition) is 5. The molecule has 1 saturated carbocycles. The van der Waals surface area contributed by atoms with Gasteiger partial charge in [-0.25, -0.2) is 10.2 Å². The minimum absolute atomic E-state index is 0.206. The van der Waals surface area contributed by atoms with Gasteiger partial charge in [0.15, 0.2) is 0 Å². The highest BCUT2D eigenvalue weighted by Crippen LogP contribution is 2.35. The van der Waals surface area contributed by atoms with Crippen molar-refractivity contribution < 1.29 is 32.7 Å². The number of halogens is 3. The molecule has 2 amide bonds. The van der Waals surface area contributed by atoms with Gasteiger partial charge in [-0.1, -0.05) is 49.6 Å². The number of benzene rings is 2. The van der Waals surface area contributed by atoms with Crippen LogP contribution in [-0.2, 0) is 9.59 Å². The Balaban J connectivity index is 0.000000426. The van der Waals surface area contributed by atoms with E-state index in [4.69, 9.17) is 15.6 Å². The molecule has 200 valence electrons. The second-order valence-electron chi connectivity index (χ2n) is 9.14. The number of H-pyrrole nitrogens is 1. The Labute approximate surface area is 215 Å². The van der Waals surface area contributed by atoms with E-state index in [-0.39, 0.29) is 17.7 Å². The second kappa shape index (κ2) is 11.1. The number of carbonyl (C=O) groups is 3. The summed E-state index contributed by atoms with van der Waals surface area (Å²) in [5.74, 6) is -3.07. The van der Waals surface area contributed by atoms with E-state index in [1.807, 2.05) is 36.4 Å². The molecule has 2 aliphatic rings.